The van der Waals surface area contributed by atoms with E-state index in [1.165, 1.54) is 43.2 Å². The number of rotatable bonds is 10. The number of aliphatic hydroxyl groups excluding tert-OH is 1. The number of hydrogen-bond donors (Lipinski definition) is 1. The number of benzene rings is 3. The van der Waals surface area contributed by atoms with Gasteiger partial charge in [-0.2, -0.15) is 0 Å². The van der Waals surface area contributed by atoms with Gasteiger partial charge in [0, 0.05) is 38.0 Å². The van der Waals surface area contributed by atoms with Crippen LogP contribution in [0.2, 0.25) is 11.5 Å². The number of nitrogens with zero attached hydrogens (tertiary/aromatic N) is 1. The van der Waals surface area contributed by atoms with Gasteiger partial charge < -0.3 is 5.11 Å². The Morgan fingerprint density at radius 3 is 2.08 bits per heavy atom. The summed E-state index contributed by atoms with van der Waals surface area (Å²) in [5, 5.41) is 13.6. The molecule has 3 nitrogen and oxygen atoms in total. The van der Waals surface area contributed by atoms with Crippen molar-refractivity contribution in [3.8, 4) is 11.3 Å². The average molecular weight is 975 g/mol. The molecular weight excluding hydrogens is 918 g/mol. The molecule has 0 aliphatic heterocycles. The van der Waals surface area contributed by atoms with Crippen molar-refractivity contribution in [3.63, 3.8) is 0 Å². The minimum Gasteiger partial charge on any atom is 0 e. The van der Waals surface area contributed by atoms with Crippen LogP contribution in [0.5, 0.6) is 0 Å². The summed E-state index contributed by atoms with van der Waals surface area (Å²) in [5.74, 6) is 5.67. The molecule has 269 valence electrons. The second-order valence-electron chi connectivity index (χ2n) is 15.0. The molecule has 5 rings (SSSR count). The summed E-state index contributed by atoms with van der Waals surface area (Å²) in [5.41, 5.74) is 6.52. The van der Waals surface area contributed by atoms with Gasteiger partial charge in [-0.05, 0) is 25.7 Å². The van der Waals surface area contributed by atoms with E-state index in [1.54, 1.807) is 7.67 Å². The van der Waals surface area contributed by atoms with Crippen molar-refractivity contribution in [1.82, 2.24) is 4.98 Å². The Morgan fingerprint density at radius 1 is 0.900 bits per heavy atom. The van der Waals surface area contributed by atoms with Crippen molar-refractivity contribution in [2.24, 2.45) is 11.8 Å². The molecule has 0 bridgehead atoms. The molecule has 0 saturated carbocycles. The number of aryl methyl sites for hydroxylation is 2. The van der Waals surface area contributed by atoms with Crippen LogP contribution in [0.25, 0.3) is 31.7 Å². The van der Waals surface area contributed by atoms with Gasteiger partial charge in [-0.1, -0.05) is 27.7 Å². The number of fused-ring (bicyclic) bond motifs is 2. The van der Waals surface area contributed by atoms with Crippen LogP contribution in [0.15, 0.2) is 78.7 Å². The van der Waals surface area contributed by atoms with Crippen LogP contribution in [-0.4, -0.2) is 43.6 Å². The molecule has 1 radical (unpaired) electrons. The van der Waals surface area contributed by atoms with Crippen LogP contribution in [-0.2, 0) is 30.3 Å². The van der Waals surface area contributed by atoms with Crippen LogP contribution in [0, 0.1) is 31.7 Å². The van der Waals surface area contributed by atoms with Gasteiger partial charge >= 0.3 is 213 Å². The van der Waals surface area contributed by atoms with Crippen molar-refractivity contribution in [1.29, 1.82) is 0 Å². The average Bonchev–Trinajstić information content (AvgIpc) is 3.42. The van der Waals surface area contributed by atoms with Crippen molar-refractivity contribution in [3.05, 3.63) is 101 Å². The Labute approximate surface area is 323 Å². The molecule has 2 heterocycles. The molecule has 0 amide bonds. The van der Waals surface area contributed by atoms with E-state index in [9.17, 15) is 9.90 Å². The Morgan fingerprint density at radius 2 is 1.50 bits per heavy atom. The number of hydrogen-bond acceptors (Lipinski definition) is 3. The second kappa shape index (κ2) is 18.0. The van der Waals surface area contributed by atoms with Gasteiger partial charge in [0.15, 0.2) is 5.78 Å². The number of aliphatic hydroxyl groups is 1. The van der Waals surface area contributed by atoms with Gasteiger partial charge in [-0.3, -0.25) is 4.79 Å². The van der Waals surface area contributed by atoms with Gasteiger partial charge in [-0.15, -0.1) is 0 Å². The zero-order chi connectivity index (χ0) is 36.1. The number of pyridine rings is 1. The van der Waals surface area contributed by atoms with E-state index < -0.39 is 13.3 Å². The summed E-state index contributed by atoms with van der Waals surface area (Å²) in [7, 11) is 0. The van der Waals surface area contributed by atoms with E-state index in [-0.39, 0.29) is 48.9 Å². The fraction of sp³-hybridized carbons (Fsp3) is 0.409. The van der Waals surface area contributed by atoms with Crippen molar-refractivity contribution in [2.45, 2.75) is 105 Å². The fourth-order valence-corrected chi connectivity index (χ4v) is 19.6. The Kier molecular flexibility index (Phi) is 15.2. The molecule has 0 unspecified atom stereocenters. The molecule has 6 heteroatoms. The van der Waals surface area contributed by atoms with E-state index in [0.717, 1.165) is 36.9 Å². The standard InChI is InChI=1S/C31H32GeNSe.C13H24O2.Ir/c1-20-12-14-24(15-13-20)32(6,7)30-21(2)25-16-17-33-28(29(25)34-30)23-18-22-10-8-9-11-26(22)27(19-23)31(3,4)5;1-5-10(6-2)12(14)9-13(15)11(7-3)8-4;/h8-17,19H,1-7H3;9-11,14H,5-8H2,1-4H3;/q-1;;/b;12-9-;. The van der Waals surface area contributed by atoms with Crippen molar-refractivity contribution >= 4 is 61.6 Å². The zero-order valence-corrected chi connectivity index (χ0v) is 38.2. The molecule has 50 heavy (non-hydrogen) atoms. The molecule has 0 spiro atoms. The predicted molar refractivity (Wildman–Crippen MR) is 216 cm³/mol. The van der Waals surface area contributed by atoms with Gasteiger partial charge in [0.1, 0.15) is 0 Å². The minimum atomic E-state index is -2.38. The molecule has 0 fully saturated rings. The fourth-order valence-electron chi connectivity index (χ4n) is 6.80. The molecule has 0 aliphatic carbocycles. The molecule has 5 aromatic rings. The molecular formula is C44H56GeIrNO2Se-. The van der Waals surface area contributed by atoms with Crippen molar-refractivity contribution in [2.75, 3.05) is 0 Å². The first-order valence-corrected chi connectivity index (χ1v) is 26.0. The molecule has 1 N–H and O–H groups in total. The summed E-state index contributed by atoms with van der Waals surface area (Å²) < 4.78 is 4.74. The maximum atomic E-state index is 11.7. The minimum absolute atomic E-state index is 0. The predicted octanol–water partition coefficient (Wildman–Crippen LogP) is 10.5. The summed E-state index contributed by atoms with van der Waals surface area (Å²) in [6.07, 6.45) is 6.91. The van der Waals surface area contributed by atoms with E-state index >= 15 is 0 Å². The molecule has 0 aliphatic rings. The van der Waals surface area contributed by atoms with E-state index in [2.05, 4.69) is 113 Å². The number of carbonyl (C=O) groups is 1. The topological polar surface area (TPSA) is 50.2 Å². The van der Waals surface area contributed by atoms with E-state index in [4.69, 9.17) is 4.98 Å². The van der Waals surface area contributed by atoms with Crippen LogP contribution in [0.3, 0.4) is 0 Å². The van der Waals surface area contributed by atoms with Crippen LogP contribution >= 0.6 is 0 Å². The molecule has 2 aromatic heterocycles. The maximum Gasteiger partial charge on any atom is 0 e. The Hall–Kier alpha value is -2.27. The summed E-state index contributed by atoms with van der Waals surface area (Å²) in [4.78, 5) is 16.7. The maximum absolute atomic E-state index is 11.7. The molecule has 0 saturated heterocycles. The summed E-state index contributed by atoms with van der Waals surface area (Å²) >= 11 is -2.09. The summed E-state index contributed by atoms with van der Waals surface area (Å²) in [6.45, 7) is 19.5. The summed E-state index contributed by atoms with van der Waals surface area (Å²) in [6, 6.07) is 26.3. The third kappa shape index (κ3) is 9.39. The van der Waals surface area contributed by atoms with Crippen LogP contribution < -0.4 is 7.67 Å². The largest absolute Gasteiger partial charge is 0 e. The number of aromatic nitrogens is 1. The Balaban J connectivity index is 0.000000361. The van der Waals surface area contributed by atoms with Gasteiger partial charge in [-0.25, -0.2) is 0 Å². The van der Waals surface area contributed by atoms with Crippen LogP contribution in [0.4, 0.5) is 0 Å². The van der Waals surface area contributed by atoms with Gasteiger partial charge in [0.05, 0.1) is 5.76 Å². The third-order valence-corrected chi connectivity index (χ3v) is 26.1. The van der Waals surface area contributed by atoms with Gasteiger partial charge in [0.2, 0.25) is 0 Å². The third-order valence-electron chi connectivity index (χ3n) is 10.1. The second-order valence-corrected chi connectivity index (χ2v) is 27.9. The first-order chi connectivity index (χ1) is 23.2. The SMILES string of the molecule is CCC(CC)C(=O)/C=C(\O)C(CC)CC.Cc1cc[c]([Ge]([CH3])([CH3])[c]2[se]c3c(-c4[c-]c5ccccc5c(C(C)(C)C)c4)nccc3c2C)cc1.[Ir]. The first-order valence-electron chi connectivity index (χ1n) is 18.0. The number of carbonyl (C=O) groups excluding carboxylic acids is 1. The van der Waals surface area contributed by atoms with Gasteiger partial charge in [0.25, 0.3) is 0 Å². The number of allylic oxidation sites excluding steroid dienone is 2. The first kappa shape index (κ1) is 42.1. The van der Waals surface area contributed by atoms with E-state index in [1.807, 2.05) is 33.9 Å². The monoisotopic (exact) mass is 977 g/mol. The molecule has 3 aromatic carbocycles. The Bertz CT molecular complexity index is 1930. The zero-order valence-electron chi connectivity index (χ0n) is 32.0. The molecule has 0 atom stereocenters. The normalized spacial score (nSPS) is 12.3. The smallest absolute Gasteiger partial charge is 0 e. The quantitative estimate of drug-likeness (QED) is 0.0657. The number of ketones is 1. The van der Waals surface area contributed by atoms with Crippen LogP contribution in [0.1, 0.15) is 90.8 Å². The van der Waals surface area contributed by atoms with E-state index in [0.29, 0.717) is 14.5 Å². The van der Waals surface area contributed by atoms with Crippen molar-refractivity contribution < 1.29 is 30.0 Å².